The third-order valence-electron chi connectivity index (χ3n) is 5.77. The lowest BCUT2D eigenvalue weighted by atomic mass is 9.81. The van der Waals surface area contributed by atoms with Crippen LogP contribution < -0.4 is 5.73 Å². The van der Waals surface area contributed by atoms with E-state index in [1.807, 2.05) is 4.90 Å². The van der Waals surface area contributed by atoms with Gasteiger partial charge >= 0.3 is 0 Å². The van der Waals surface area contributed by atoms with Gasteiger partial charge in [-0.2, -0.15) is 4.98 Å². The molecule has 2 N–H and O–H groups in total. The molecule has 6 nitrogen and oxygen atoms in total. The number of rotatable bonds is 3. The molecule has 1 unspecified atom stereocenters. The second kappa shape index (κ2) is 8.57. The van der Waals surface area contributed by atoms with Crippen molar-refractivity contribution in [2.75, 3.05) is 13.1 Å². The maximum absolute atomic E-state index is 13.1. The van der Waals surface area contributed by atoms with Crippen LogP contribution in [0.3, 0.4) is 0 Å². The van der Waals surface area contributed by atoms with E-state index in [1.165, 1.54) is 12.1 Å². The van der Waals surface area contributed by atoms with Gasteiger partial charge in [0.25, 0.3) is 0 Å². The lowest BCUT2D eigenvalue weighted by Crippen LogP contribution is -2.57. The Morgan fingerprint density at radius 1 is 1.18 bits per heavy atom. The van der Waals surface area contributed by atoms with Gasteiger partial charge in [-0.1, -0.05) is 24.4 Å². The summed E-state index contributed by atoms with van der Waals surface area (Å²) in [6.07, 6.45) is 6.51. The Kier molecular flexibility index (Phi) is 6.35. The molecule has 8 heteroatoms. The van der Waals surface area contributed by atoms with Crippen molar-refractivity contribution in [2.45, 2.75) is 56.4 Å². The average Bonchev–Trinajstić information content (AvgIpc) is 3.19. The Labute approximate surface area is 170 Å². The van der Waals surface area contributed by atoms with E-state index < -0.39 is 5.54 Å². The van der Waals surface area contributed by atoms with Crippen molar-refractivity contribution >= 4 is 18.3 Å². The zero-order valence-electron chi connectivity index (χ0n) is 15.8. The van der Waals surface area contributed by atoms with Crippen LogP contribution in [0.4, 0.5) is 4.39 Å². The Balaban J connectivity index is 0.00000225. The standard InChI is InChI=1S/C20H25FN4O2.ClH/c21-16-8-6-14(7-9-16)17-23-18(27-24-17)15-5-4-12-25(13-15)19(26)20(22)10-2-1-3-11-20;/h6-9,15H,1-5,10-13,22H2;1H. The zero-order valence-corrected chi connectivity index (χ0v) is 16.6. The fraction of sp³-hybridized carbons (Fsp3) is 0.550. The van der Waals surface area contributed by atoms with Crippen LogP contribution in [-0.4, -0.2) is 39.6 Å². The molecule has 2 aromatic rings. The smallest absolute Gasteiger partial charge is 0.242 e. The molecule has 4 rings (SSSR count). The van der Waals surface area contributed by atoms with Gasteiger partial charge in [-0.05, 0) is 49.9 Å². The molecule has 1 aromatic heterocycles. The highest BCUT2D eigenvalue weighted by atomic mass is 35.5. The Hall–Kier alpha value is -1.99. The molecule has 1 saturated heterocycles. The number of nitrogens with two attached hydrogens (primary N) is 1. The van der Waals surface area contributed by atoms with Crippen LogP contribution in [-0.2, 0) is 4.79 Å². The van der Waals surface area contributed by atoms with E-state index in [-0.39, 0.29) is 30.0 Å². The number of hydrogen-bond acceptors (Lipinski definition) is 5. The molecule has 0 radical (unpaired) electrons. The number of nitrogens with zero attached hydrogens (tertiary/aromatic N) is 3. The minimum Gasteiger partial charge on any atom is -0.340 e. The third kappa shape index (κ3) is 4.20. The predicted octanol–water partition coefficient (Wildman–Crippen LogP) is 3.67. The third-order valence-corrected chi connectivity index (χ3v) is 5.77. The lowest BCUT2D eigenvalue weighted by molar-refractivity contribution is -0.139. The Morgan fingerprint density at radius 3 is 2.61 bits per heavy atom. The van der Waals surface area contributed by atoms with Crippen LogP contribution in [0.1, 0.15) is 56.8 Å². The molecule has 2 fully saturated rings. The van der Waals surface area contributed by atoms with Crippen LogP contribution >= 0.6 is 12.4 Å². The van der Waals surface area contributed by atoms with Gasteiger partial charge in [0.2, 0.25) is 17.6 Å². The molecule has 28 heavy (non-hydrogen) atoms. The van der Waals surface area contributed by atoms with E-state index in [9.17, 15) is 9.18 Å². The fourth-order valence-corrected chi connectivity index (χ4v) is 4.19. The fourth-order valence-electron chi connectivity index (χ4n) is 4.19. The van der Waals surface area contributed by atoms with Crippen molar-refractivity contribution in [3.63, 3.8) is 0 Å². The summed E-state index contributed by atoms with van der Waals surface area (Å²) < 4.78 is 18.6. The van der Waals surface area contributed by atoms with Gasteiger partial charge in [0, 0.05) is 18.7 Å². The van der Waals surface area contributed by atoms with Gasteiger partial charge in [-0.15, -0.1) is 12.4 Å². The molecule has 0 spiro atoms. The van der Waals surface area contributed by atoms with Crippen molar-refractivity contribution in [1.29, 1.82) is 0 Å². The summed E-state index contributed by atoms with van der Waals surface area (Å²) in [5, 5.41) is 4.03. The molecule has 1 saturated carbocycles. The molecule has 2 aliphatic rings. The largest absolute Gasteiger partial charge is 0.340 e. The molecule has 2 heterocycles. The quantitative estimate of drug-likeness (QED) is 0.837. The van der Waals surface area contributed by atoms with Gasteiger partial charge in [0.15, 0.2) is 0 Å². The van der Waals surface area contributed by atoms with Crippen molar-refractivity contribution in [2.24, 2.45) is 5.73 Å². The van der Waals surface area contributed by atoms with Gasteiger partial charge in [0.05, 0.1) is 11.5 Å². The number of hydrogen-bond donors (Lipinski definition) is 1. The summed E-state index contributed by atoms with van der Waals surface area (Å²) >= 11 is 0. The van der Waals surface area contributed by atoms with Crippen LogP contribution in [0, 0.1) is 5.82 Å². The van der Waals surface area contributed by atoms with E-state index in [4.69, 9.17) is 10.3 Å². The van der Waals surface area contributed by atoms with Crippen molar-refractivity contribution in [3.8, 4) is 11.4 Å². The van der Waals surface area contributed by atoms with Crippen LogP contribution in [0.25, 0.3) is 11.4 Å². The molecular formula is C20H26ClFN4O2. The minimum atomic E-state index is -0.714. The second-order valence-corrected chi connectivity index (χ2v) is 7.77. The second-order valence-electron chi connectivity index (χ2n) is 7.77. The van der Waals surface area contributed by atoms with E-state index >= 15 is 0 Å². The molecule has 1 aliphatic carbocycles. The zero-order chi connectivity index (χ0) is 18.9. The lowest BCUT2D eigenvalue weighted by Gasteiger charge is -2.39. The minimum absolute atomic E-state index is 0. The number of aromatic nitrogens is 2. The van der Waals surface area contributed by atoms with Crippen LogP contribution in [0.15, 0.2) is 28.8 Å². The SMILES string of the molecule is Cl.NC1(C(=O)N2CCCC(c3nc(-c4ccc(F)cc4)no3)C2)CCCCC1. The predicted molar refractivity (Wildman–Crippen MR) is 105 cm³/mol. The number of likely N-dealkylation sites (tertiary alicyclic amines) is 1. The van der Waals surface area contributed by atoms with E-state index in [1.54, 1.807) is 12.1 Å². The normalized spacial score (nSPS) is 21.8. The Bertz CT molecular complexity index is 805. The molecule has 1 atom stereocenters. The van der Waals surface area contributed by atoms with E-state index in [0.29, 0.717) is 23.8 Å². The molecule has 1 aliphatic heterocycles. The van der Waals surface area contributed by atoms with Gasteiger partial charge in [-0.3, -0.25) is 4.79 Å². The monoisotopic (exact) mass is 408 g/mol. The highest BCUT2D eigenvalue weighted by Gasteiger charge is 2.40. The summed E-state index contributed by atoms with van der Waals surface area (Å²) in [6, 6.07) is 6.00. The highest BCUT2D eigenvalue weighted by molar-refractivity contribution is 5.86. The summed E-state index contributed by atoms with van der Waals surface area (Å²) in [4.78, 5) is 19.4. The first kappa shape index (κ1) is 20.7. The number of halogens is 2. The summed E-state index contributed by atoms with van der Waals surface area (Å²) in [7, 11) is 0. The van der Waals surface area contributed by atoms with Gasteiger partial charge in [0.1, 0.15) is 5.82 Å². The average molecular weight is 409 g/mol. The number of carbonyl (C=O) groups is 1. The summed E-state index contributed by atoms with van der Waals surface area (Å²) in [5.41, 5.74) is 6.43. The van der Waals surface area contributed by atoms with Crippen molar-refractivity contribution in [1.82, 2.24) is 15.0 Å². The van der Waals surface area contributed by atoms with Crippen LogP contribution in [0.2, 0.25) is 0 Å². The first-order valence-electron chi connectivity index (χ1n) is 9.73. The topological polar surface area (TPSA) is 85.3 Å². The van der Waals surface area contributed by atoms with Gasteiger partial charge < -0.3 is 15.2 Å². The number of amides is 1. The number of benzene rings is 1. The first-order chi connectivity index (χ1) is 13.0. The first-order valence-corrected chi connectivity index (χ1v) is 9.73. The van der Waals surface area contributed by atoms with Crippen molar-refractivity contribution < 1.29 is 13.7 Å². The summed E-state index contributed by atoms with van der Waals surface area (Å²) in [6.45, 7) is 1.29. The van der Waals surface area contributed by atoms with E-state index in [2.05, 4.69) is 10.1 Å². The van der Waals surface area contributed by atoms with E-state index in [0.717, 1.165) is 51.5 Å². The molecule has 0 bridgehead atoms. The molecule has 1 aromatic carbocycles. The molecule has 1 amide bonds. The summed E-state index contributed by atoms with van der Waals surface area (Å²) in [5.74, 6) is 0.738. The number of carbonyl (C=O) groups excluding carboxylic acids is 1. The Morgan fingerprint density at radius 2 is 1.89 bits per heavy atom. The van der Waals surface area contributed by atoms with Crippen molar-refractivity contribution in [3.05, 3.63) is 36.0 Å². The maximum atomic E-state index is 13.1. The molecule has 152 valence electrons. The number of piperidine rings is 1. The van der Waals surface area contributed by atoms with Gasteiger partial charge in [-0.25, -0.2) is 4.39 Å². The van der Waals surface area contributed by atoms with Crippen LogP contribution in [0.5, 0.6) is 0 Å². The maximum Gasteiger partial charge on any atom is 0.242 e. The molecular weight excluding hydrogens is 383 g/mol. The highest BCUT2D eigenvalue weighted by Crippen LogP contribution is 2.32.